The number of non-ortho nitro benzene ring substituents is 1. The highest BCUT2D eigenvalue weighted by Crippen LogP contribution is 2.26. The molecule has 1 aliphatic rings. The number of nitro benzene ring substituents is 1. The van der Waals surface area contributed by atoms with E-state index in [4.69, 9.17) is 16.0 Å². The van der Waals surface area contributed by atoms with Gasteiger partial charge in [-0.2, -0.15) is 5.10 Å². The van der Waals surface area contributed by atoms with Gasteiger partial charge in [0.1, 0.15) is 11.4 Å². The molecular formula is C24H20ClN5O4. The number of halogens is 1. The highest BCUT2D eigenvalue weighted by atomic mass is 35.5. The molecule has 0 atom stereocenters. The summed E-state index contributed by atoms with van der Waals surface area (Å²) in [5.41, 5.74) is 2.59. The summed E-state index contributed by atoms with van der Waals surface area (Å²) in [7, 11) is 0. The van der Waals surface area contributed by atoms with Gasteiger partial charge < -0.3 is 14.2 Å². The first kappa shape index (κ1) is 21.7. The highest BCUT2D eigenvalue weighted by molar-refractivity contribution is 6.30. The standard InChI is InChI=1S/C24H20ClN5O4/c25-17-3-1-4-20(15-17)29-22(16-21(26-29)23-5-2-14-34-23)24(31)28-12-10-27(11-13-28)18-6-8-19(9-7-18)30(32)33/h1-9,14-16H,10-13H2. The molecule has 0 aliphatic carbocycles. The van der Waals surface area contributed by atoms with E-state index in [0.717, 1.165) is 5.69 Å². The molecule has 10 heteroatoms. The van der Waals surface area contributed by atoms with Gasteiger partial charge in [-0.1, -0.05) is 17.7 Å². The molecule has 1 saturated heterocycles. The molecule has 2 aromatic carbocycles. The van der Waals surface area contributed by atoms with Gasteiger partial charge in [0.15, 0.2) is 5.76 Å². The number of amides is 1. The van der Waals surface area contributed by atoms with E-state index in [0.29, 0.717) is 54.0 Å². The number of piperazine rings is 1. The molecule has 34 heavy (non-hydrogen) atoms. The van der Waals surface area contributed by atoms with Crippen LogP contribution in [0.5, 0.6) is 0 Å². The number of carbonyl (C=O) groups excluding carboxylic acids is 1. The molecule has 0 N–H and O–H groups in total. The van der Waals surface area contributed by atoms with Crippen LogP contribution in [-0.2, 0) is 0 Å². The first-order chi connectivity index (χ1) is 16.5. The van der Waals surface area contributed by atoms with Gasteiger partial charge in [-0.05, 0) is 42.5 Å². The van der Waals surface area contributed by atoms with E-state index < -0.39 is 4.92 Å². The summed E-state index contributed by atoms with van der Waals surface area (Å²) in [5.74, 6) is 0.423. The zero-order valence-corrected chi connectivity index (χ0v) is 18.8. The number of hydrogen-bond acceptors (Lipinski definition) is 6. The van der Waals surface area contributed by atoms with Crippen molar-refractivity contribution in [3.8, 4) is 17.1 Å². The van der Waals surface area contributed by atoms with Gasteiger partial charge in [0.05, 0.1) is 16.9 Å². The molecule has 0 unspecified atom stereocenters. The highest BCUT2D eigenvalue weighted by Gasteiger charge is 2.27. The lowest BCUT2D eigenvalue weighted by Crippen LogP contribution is -2.49. The summed E-state index contributed by atoms with van der Waals surface area (Å²) in [5, 5.41) is 16.1. The smallest absolute Gasteiger partial charge is 0.272 e. The second kappa shape index (κ2) is 9.03. The van der Waals surface area contributed by atoms with Crippen LogP contribution in [0.15, 0.2) is 77.4 Å². The number of nitro groups is 1. The Kier molecular flexibility index (Phi) is 5.77. The van der Waals surface area contributed by atoms with Crippen molar-refractivity contribution in [1.29, 1.82) is 0 Å². The van der Waals surface area contributed by atoms with Crippen molar-refractivity contribution >= 4 is 28.9 Å². The second-order valence-corrected chi connectivity index (χ2v) is 8.27. The number of nitrogens with zero attached hydrogens (tertiary/aromatic N) is 5. The molecular weight excluding hydrogens is 458 g/mol. The van der Waals surface area contributed by atoms with Crippen molar-refractivity contribution in [2.75, 3.05) is 31.1 Å². The van der Waals surface area contributed by atoms with Gasteiger partial charge in [0, 0.05) is 55.1 Å². The van der Waals surface area contributed by atoms with Crippen molar-refractivity contribution in [1.82, 2.24) is 14.7 Å². The first-order valence-corrected chi connectivity index (χ1v) is 11.1. The van der Waals surface area contributed by atoms with Crippen LogP contribution in [0.3, 0.4) is 0 Å². The number of benzene rings is 2. The van der Waals surface area contributed by atoms with Crippen molar-refractivity contribution in [3.05, 3.63) is 93.8 Å². The summed E-state index contributed by atoms with van der Waals surface area (Å²) < 4.78 is 7.08. The van der Waals surface area contributed by atoms with E-state index in [1.807, 2.05) is 12.1 Å². The van der Waals surface area contributed by atoms with E-state index in [9.17, 15) is 14.9 Å². The van der Waals surface area contributed by atoms with Crippen molar-refractivity contribution in [3.63, 3.8) is 0 Å². The topological polar surface area (TPSA) is 97.7 Å². The van der Waals surface area contributed by atoms with Gasteiger partial charge in [-0.3, -0.25) is 14.9 Å². The van der Waals surface area contributed by atoms with Crippen molar-refractivity contribution < 1.29 is 14.1 Å². The van der Waals surface area contributed by atoms with E-state index >= 15 is 0 Å². The molecule has 2 aromatic heterocycles. The maximum absolute atomic E-state index is 13.5. The minimum atomic E-state index is -0.416. The van der Waals surface area contributed by atoms with Crippen molar-refractivity contribution in [2.24, 2.45) is 0 Å². The summed E-state index contributed by atoms with van der Waals surface area (Å²) in [4.78, 5) is 27.9. The van der Waals surface area contributed by atoms with E-state index in [1.54, 1.807) is 58.3 Å². The molecule has 0 saturated carbocycles. The Morgan fingerprint density at radius 3 is 2.38 bits per heavy atom. The quantitative estimate of drug-likeness (QED) is 0.306. The fourth-order valence-corrected chi connectivity index (χ4v) is 4.18. The zero-order valence-electron chi connectivity index (χ0n) is 18.0. The summed E-state index contributed by atoms with van der Waals surface area (Å²) in [6, 6.07) is 18.9. The van der Waals surface area contributed by atoms with E-state index in [1.165, 1.54) is 12.1 Å². The maximum Gasteiger partial charge on any atom is 0.272 e. The van der Waals surface area contributed by atoms with Crippen LogP contribution in [0.1, 0.15) is 10.5 Å². The summed E-state index contributed by atoms with van der Waals surface area (Å²) in [6.07, 6.45) is 1.56. The van der Waals surface area contributed by atoms with Crippen LogP contribution < -0.4 is 4.90 Å². The van der Waals surface area contributed by atoms with Crippen LogP contribution in [0.2, 0.25) is 5.02 Å². The molecule has 0 radical (unpaired) electrons. The Hall–Kier alpha value is -4.11. The number of rotatable bonds is 5. The lowest BCUT2D eigenvalue weighted by atomic mass is 10.2. The molecule has 0 bridgehead atoms. The molecule has 3 heterocycles. The Labute approximate surface area is 199 Å². The molecule has 1 aliphatic heterocycles. The molecule has 172 valence electrons. The van der Waals surface area contributed by atoms with Gasteiger partial charge in [-0.15, -0.1) is 0 Å². The largest absolute Gasteiger partial charge is 0.463 e. The molecule has 4 aromatic rings. The van der Waals surface area contributed by atoms with Gasteiger partial charge in [0.25, 0.3) is 11.6 Å². The van der Waals surface area contributed by atoms with E-state index in [2.05, 4.69) is 10.00 Å². The molecule has 1 amide bonds. The molecule has 5 rings (SSSR count). The van der Waals surface area contributed by atoms with Crippen molar-refractivity contribution in [2.45, 2.75) is 0 Å². The average Bonchev–Trinajstić information content (AvgIpc) is 3.54. The van der Waals surface area contributed by atoms with Gasteiger partial charge in [-0.25, -0.2) is 4.68 Å². The monoisotopic (exact) mass is 477 g/mol. The van der Waals surface area contributed by atoms with Crippen LogP contribution in [0.25, 0.3) is 17.1 Å². The minimum absolute atomic E-state index is 0.0548. The third kappa shape index (κ3) is 4.25. The first-order valence-electron chi connectivity index (χ1n) is 10.7. The molecule has 1 fully saturated rings. The molecule has 9 nitrogen and oxygen atoms in total. The Bertz CT molecular complexity index is 1330. The van der Waals surface area contributed by atoms with Gasteiger partial charge in [0.2, 0.25) is 0 Å². The predicted octanol–water partition coefficient (Wildman–Crippen LogP) is 4.66. The van der Waals surface area contributed by atoms with E-state index in [-0.39, 0.29) is 11.6 Å². The molecule has 0 spiro atoms. The van der Waals surface area contributed by atoms with Gasteiger partial charge >= 0.3 is 0 Å². The van der Waals surface area contributed by atoms with Crippen LogP contribution in [0, 0.1) is 10.1 Å². The minimum Gasteiger partial charge on any atom is -0.463 e. The SMILES string of the molecule is O=C(c1cc(-c2ccco2)nn1-c1cccc(Cl)c1)N1CCN(c2ccc([N+](=O)[O-])cc2)CC1. The van der Waals surface area contributed by atoms with Crippen LogP contribution in [-0.4, -0.2) is 51.7 Å². The number of aromatic nitrogens is 2. The number of carbonyl (C=O) groups is 1. The van der Waals surface area contributed by atoms with Crippen LogP contribution >= 0.6 is 11.6 Å². The fraction of sp³-hybridized carbons (Fsp3) is 0.167. The Morgan fingerprint density at radius 1 is 0.971 bits per heavy atom. The lowest BCUT2D eigenvalue weighted by molar-refractivity contribution is -0.384. The third-order valence-electron chi connectivity index (χ3n) is 5.75. The summed E-state index contributed by atoms with van der Waals surface area (Å²) in [6.45, 7) is 2.24. The predicted molar refractivity (Wildman–Crippen MR) is 127 cm³/mol. The Morgan fingerprint density at radius 2 is 1.74 bits per heavy atom. The number of furan rings is 1. The average molecular weight is 478 g/mol. The number of anilines is 1. The zero-order chi connectivity index (χ0) is 23.7. The summed E-state index contributed by atoms with van der Waals surface area (Å²) >= 11 is 6.19. The Balaban J connectivity index is 1.37. The maximum atomic E-state index is 13.5. The lowest BCUT2D eigenvalue weighted by Gasteiger charge is -2.36. The second-order valence-electron chi connectivity index (χ2n) is 7.84. The third-order valence-corrected chi connectivity index (χ3v) is 5.98. The number of hydrogen-bond donors (Lipinski definition) is 0. The fourth-order valence-electron chi connectivity index (χ4n) is 4.00. The van der Waals surface area contributed by atoms with Crippen LogP contribution in [0.4, 0.5) is 11.4 Å². The normalized spacial score (nSPS) is 13.8.